The molecule has 86 valence electrons. The number of aromatic nitrogens is 1. The van der Waals surface area contributed by atoms with E-state index in [4.69, 9.17) is 5.73 Å². The fourth-order valence-electron chi connectivity index (χ4n) is 1.78. The minimum atomic E-state index is -0.542. The van der Waals surface area contributed by atoms with E-state index in [1.165, 1.54) is 0 Å². The van der Waals surface area contributed by atoms with Gasteiger partial charge in [0.2, 0.25) is 11.9 Å². The summed E-state index contributed by atoms with van der Waals surface area (Å²) in [5, 5.41) is 0. The topological polar surface area (TPSA) is 59.2 Å². The number of halogens is 2. The van der Waals surface area contributed by atoms with Gasteiger partial charge in [0.25, 0.3) is 0 Å². The van der Waals surface area contributed by atoms with Gasteiger partial charge in [-0.15, -0.1) is 0 Å². The van der Waals surface area contributed by atoms with Crippen molar-refractivity contribution in [1.82, 2.24) is 4.98 Å². The maximum atomic E-state index is 13.2. The van der Waals surface area contributed by atoms with Crippen molar-refractivity contribution in [3.8, 4) is 0 Å². The molecule has 16 heavy (non-hydrogen) atoms. The van der Waals surface area contributed by atoms with Crippen molar-refractivity contribution in [2.45, 2.75) is 6.42 Å². The number of carbonyl (C=O) groups excluding carboxylic acids is 1. The molecule has 1 aromatic rings. The molecule has 0 radical (unpaired) electrons. The van der Waals surface area contributed by atoms with Crippen LogP contribution in [-0.2, 0) is 4.79 Å². The van der Waals surface area contributed by atoms with E-state index in [0.717, 1.165) is 0 Å². The van der Waals surface area contributed by atoms with Gasteiger partial charge < -0.3 is 10.6 Å². The molecule has 0 spiro atoms. The number of hydrogen-bond donors (Lipinski definition) is 1. The fourth-order valence-corrected chi connectivity index (χ4v) is 2.01. The van der Waals surface area contributed by atoms with Crippen LogP contribution in [0.1, 0.15) is 6.42 Å². The first kappa shape index (κ1) is 11.3. The average molecular weight is 288 g/mol. The van der Waals surface area contributed by atoms with Gasteiger partial charge >= 0.3 is 0 Å². The monoisotopic (exact) mass is 287 g/mol. The summed E-state index contributed by atoms with van der Waals surface area (Å²) in [6.45, 7) is 1.20. The molecular weight excluding hydrogens is 277 g/mol. The van der Waals surface area contributed by atoms with Gasteiger partial charge in [-0.1, -0.05) is 0 Å². The van der Waals surface area contributed by atoms with Gasteiger partial charge in [-0.2, -0.15) is 4.39 Å². The molecule has 1 unspecified atom stereocenters. The van der Waals surface area contributed by atoms with Crippen molar-refractivity contribution >= 4 is 27.7 Å². The molecular formula is C10H11BrFN3O. The molecule has 2 rings (SSSR count). The van der Waals surface area contributed by atoms with E-state index in [2.05, 4.69) is 20.9 Å². The van der Waals surface area contributed by atoms with E-state index >= 15 is 0 Å². The Morgan fingerprint density at radius 1 is 1.62 bits per heavy atom. The molecule has 6 heteroatoms. The van der Waals surface area contributed by atoms with Crippen molar-refractivity contribution < 1.29 is 9.18 Å². The molecule has 0 bridgehead atoms. The lowest BCUT2D eigenvalue weighted by Gasteiger charge is -2.16. The summed E-state index contributed by atoms with van der Waals surface area (Å²) in [6.07, 6.45) is 0.703. The quantitative estimate of drug-likeness (QED) is 0.834. The van der Waals surface area contributed by atoms with Gasteiger partial charge in [-0.3, -0.25) is 4.79 Å². The lowest BCUT2D eigenvalue weighted by atomic mass is 10.1. The van der Waals surface area contributed by atoms with Crippen LogP contribution in [0.3, 0.4) is 0 Å². The smallest absolute Gasteiger partial charge is 0.229 e. The zero-order valence-corrected chi connectivity index (χ0v) is 10.1. The first-order valence-electron chi connectivity index (χ1n) is 4.94. The Morgan fingerprint density at radius 2 is 2.38 bits per heavy atom. The molecule has 1 saturated heterocycles. The van der Waals surface area contributed by atoms with E-state index in [0.29, 0.717) is 29.8 Å². The number of amides is 1. The van der Waals surface area contributed by atoms with Crippen molar-refractivity contribution in [3.05, 3.63) is 22.6 Å². The highest BCUT2D eigenvalue weighted by molar-refractivity contribution is 9.10. The highest BCUT2D eigenvalue weighted by Crippen LogP contribution is 2.24. The predicted molar refractivity (Wildman–Crippen MR) is 61.4 cm³/mol. The van der Waals surface area contributed by atoms with Crippen molar-refractivity contribution in [3.63, 3.8) is 0 Å². The fraction of sp³-hybridized carbons (Fsp3) is 0.400. The van der Waals surface area contributed by atoms with Gasteiger partial charge in [0.1, 0.15) is 5.82 Å². The van der Waals surface area contributed by atoms with E-state index in [9.17, 15) is 9.18 Å². The molecule has 2 heterocycles. The molecule has 1 atom stereocenters. The summed E-state index contributed by atoms with van der Waals surface area (Å²) < 4.78 is 13.5. The molecule has 0 aliphatic carbocycles. The number of hydrogen-bond acceptors (Lipinski definition) is 3. The van der Waals surface area contributed by atoms with Gasteiger partial charge in [0.05, 0.1) is 10.4 Å². The van der Waals surface area contributed by atoms with Crippen LogP contribution in [0.5, 0.6) is 0 Å². The highest BCUT2D eigenvalue weighted by atomic mass is 79.9. The normalized spacial score (nSPS) is 20.1. The number of carbonyl (C=O) groups is 1. The Hall–Kier alpha value is -1.17. The van der Waals surface area contributed by atoms with Crippen LogP contribution in [0, 0.1) is 11.9 Å². The first-order valence-corrected chi connectivity index (χ1v) is 5.73. The van der Waals surface area contributed by atoms with Crippen molar-refractivity contribution in [1.29, 1.82) is 0 Å². The summed E-state index contributed by atoms with van der Waals surface area (Å²) in [4.78, 5) is 16.7. The van der Waals surface area contributed by atoms with Crippen molar-refractivity contribution in [2.75, 3.05) is 18.0 Å². The molecule has 1 aromatic heterocycles. The van der Waals surface area contributed by atoms with Crippen LogP contribution < -0.4 is 10.6 Å². The first-order chi connectivity index (χ1) is 7.58. The number of nitrogens with zero attached hydrogens (tertiary/aromatic N) is 2. The highest BCUT2D eigenvalue weighted by Gasteiger charge is 2.27. The minimum absolute atomic E-state index is 0.159. The number of rotatable bonds is 2. The number of anilines is 1. The second-order valence-corrected chi connectivity index (χ2v) is 4.63. The zero-order valence-electron chi connectivity index (χ0n) is 8.49. The SMILES string of the molecule is NC(=O)C1CCN(c2ccc(Br)c(F)n2)C1. The molecule has 4 nitrogen and oxygen atoms in total. The van der Waals surface area contributed by atoms with Gasteiger partial charge in [-0.05, 0) is 34.5 Å². The Kier molecular flexibility index (Phi) is 3.09. The maximum Gasteiger partial charge on any atom is 0.229 e. The Morgan fingerprint density at radius 3 is 2.94 bits per heavy atom. The largest absolute Gasteiger partial charge is 0.369 e. The third-order valence-electron chi connectivity index (χ3n) is 2.70. The zero-order chi connectivity index (χ0) is 11.7. The van der Waals surface area contributed by atoms with Crippen LogP contribution in [0.15, 0.2) is 16.6 Å². The molecule has 1 aliphatic heterocycles. The van der Waals surface area contributed by atoms with E-state index < -0.39 is 5.95 Å². The summed E-state index contributed by atoms with van der Waals surface area (Å²) >= 11 is 3.04. The molecule has 1 aliphatic rings. The predicted octanol–water partition coefficient (Wildman–Crippen LogP) is 1.29. The molecule has 0 saturated carbocycles. The molecule has 1 amide bonds. The number of primary amides is 1. The standard InChI is InChI=1S/C10H11BrFN3O/c11-7-1-2-8(14-9(7)12)15-4-3-6(5-15)10(13)16/h1-2,6H,3-5H2,(H2,13,16). The molecule has 0 aromatic carbocycles. The summed E-state index contributed by atoms with van der Waals surface area (Å²) in [7, 11) is 0. The van der Waals surface area contributed by atoms with Gasteiger partial charge in [-0.25, -0.2) is 4.98 Å². The van der Waals surface area contributed by atoms with Crippen LogP contribution in [-0.4, -0.2) is 24.0 Å². The van der Waals surface area contributed by atoms with Gasteiger partial charge in [0.15, 0.2) is 0 Å². The van der Waals surface area contributed by atoms with E-state index in [1.807, 2.05) is 4.90 Å². The van der Waals surface area contributed by atoms with Crippen molar-refractivity contribution in [2.24, 2.45) is 11.7 Å². The second-order valence-electron chi connectivity index (χ2n) is 3.78. The minimum Gasteiger partial charge on any atom is -0.369 e. The molecule has 2 N–H and O–H groups in total. The molecule has 1 fully saturated rings. The lowest BCUT2D eigenvalue weighted by Crippen LogP contribution is -2.27. The second kappa shape index (κ2) is 4.37. The van der Waals surface area contributed by atoms with Gasteiger partial charge in [0, 0.05) is 13.1 Å². The maximum absolute atomic E-state index is 13.2. The van der Waals surface area contributed by atoms with E-state index in [1.54, 1.807) is 12.1 Å². The third-order valence-corrected chi connectivity index (χ3v) is 3.29. The Bertz CT molecular complexity index is 427. The van der Waals surface area contributed by atoms with Crippen LogP contribution in [0.2, 0.25) is 0 Å². The number of nitrogens with two attached hydrogens (primary N) is 1. The van der Waals surface area contributed by atoms with E-state index in [-0.39, 0.29) is 11.8 Å². The Labute approximate surface area is 101 Å². The Balaban J connectivity index is 2.14. The average Bonchev–Trinajstić information content (AvgIpc) is 2.71. The van der Waals surface area contributed by atoms with Crippen LogP contribution in [0.25, 0.3) is 0 Å². The summed E-state index contributed by atoms with van der Waals surface area (Å²) in [5.41, 5.74) is 5.22. The number of pyridine rings is 1. The van der Waals surface area contributed by atoms with Crippen LogP contribution in [0.4, 0.5) is 10.2 Å². The summed E-state index contributed by atoms with van der Waals surface area (Å²) in [5.74, 6) is -0.460. The summed E-state index contributed by atoms with van der Waals surface area (Å²) in [6, 6.07) is 3.33. The lowest BCUT2D eigenvalue weighted by molar-refractivity contribution is -0.121. The van der Waals surface area contributed by atoms with Crippen LogP contribution >= 0.6 is 15.9 Å². The third kappa shape index (κ3) is 2.16.